The number of nitrogen functional groups attached to an aromatic ring is 1. The van der Waals surface area contributed by atoms with Crippen molar-refractivity contribution in [3.63, 3.8) is 0 Å². The predicted octanol–water partition coefficient (Wildman–Crippen LogP) is 2.95. The highest BCUT2D eigenvalue weighted by Gasteiger charge is 2.11. The Morgan fingerprint density at radius 1 is 1.31 bits per heavy atom. The van der Waals surface area contributed by atoms with Gasteiger partial charge in [-0.2, -0.15) is 0 Å². The first-order valence-corrected chi connectivity index (χ1v) is 5.12. The summed E-state index contributed by atoms with van der Waals surface area (Å²) in [7, 11) is 0. The Balaban J connectivity index is 2.44. The number of hydrogen-bond donors (Lipinski definition) is 1. The first-order valence-electron chi connectivity index (χ1n) is 4.74. The number of carbonyl (C=O) groups excluding carboxylic acids is 1. The van der Waals surface area contributed by atoms with Crippen LogP contribution in [0, 0.1) is 6.07 Å². The van der Waals surface area contributed by atoms with Crippen LogP contribution in [0.25, 0.3) is 0 Å². The summed E-state index contributed by atoms with van der Waals surface area (Å²) < 4.78 is 0. The lowest BCUT2D eigenvalue weighted by Gasteiger charge is -2.04. The number of anilines is 1. The van der Waals surface area contributed by atoms with Crippen molar-refractivity contribution >= 4 is 23.1 Å². The van der Waals surface area contributed by atoms with E-state index in [9.17, 15) is 4.79 Å². The molecule has 0 bridgehead atoms. The Bertz CT molecular complexity index is 537. The quantitative estimate of drug-likeness (QED) is 0.637. The molecule has 1 radical (unpaired) electrons. The molecule has 0 aliphatic carbocycles. The van der Waals surface area contributed by atoms with E-state index >= 15 is 0 Å². The van der Waals surface area contributed by atoms with E-state index in [1.54, 1.807) is 42.5 Å². The van der Waals surface area contributed by atoms with Crippen molar-refractivity contribution in [1.82, 2.24) is 0 Å². The Labute approximate surface area is 98.7 Å². The van der Waals surface area contributed by atoms with Crippen LogP contribution in [0.3, 0.4) is 0 Å². The summed E-state index contributed by atoms with van der Waals surface area (Å²) in [6, 6.07) is 14.5. The number of benzene rings is 2. The van der Waals surface area contributed by atoms with Gasteiger partial charge in [-0.3, -0.25) is 4.79 Å². The molecule has 0 aliphatic heterocycles. The predicted molar refractivity (Wildman–Crippen MR) is 64.6 cm³/mol. The van der Waals surface area contributed by atoms with Crippen molar-refractivity contribution in [1.29, 1.82) is 0 Å². The van der Waals surface area contributed by atoms with Crippen LogP contribution in [0.15, 0.2) is 42.5 Å². The minimum absolute atomic E-state index is 0.142. The molecule has 79 valence electrons. The number of hydrogen-bond acceptors (Lipinski definition) is 2. The zero-order valence-corrected chi connectivity index (χ0v) is 9.16. The molecule has 3 heteroatoms. The van der Waals surface area contributed by atoms with Crippen molar-refractivity contribution in [3.8, 4) is 0 Å². The van der Waals surface area contributed by atoms with Gasteiger partial charge in [0.2, 0.25) is 0 Å². The summed E-state index contributed by atoms with van der Waals surface area (Å²) in [6.45, 7) is 0. The van der Waals surface area contributed by atoms with Gasteiger partial charge in [-0.15, -0.1) is 0 Å². The topological polar surface area (TPSA) is 43.1 Å². The minimum Gasteiger partial charge on any atom is -0.398 e. The molecule has 2 rings (SSSR count). The SMILES string of the molecule is Nc1cc[c]cc1C(=O)c1cccc(Cl)c1. The van der Waals surface area contributed by atoms with Gasteiger partial charge in [-0.05, 0) is 30.3 Å². The van der Waals surface area contributed by atoms with Gasteiger partial charge in [0.1, 0.15) is 0 Å². The van der Waals surface area contributed by atoms with E-state index in [1.807, 2.05) is 0 Å². The van der Waals surface area contributed by atoms with Crippen molar-refractivity contribution in [2.45, 2.75) is 0 Å². The zero-order chi connectivity index (χ0) is 11.5. The minimum atomic E-state index is -0.142. The molecule has 0 aromatic heterocycles. The first-order chi connectivity index (χ1) is 7.68. The van der Waals surface area contributed by atoms with Gasteiger partial charge in [0.05, 0.1) is 0 Å². The largest absolute Gasteiger partial charge is 0.398 e. The molecule has 2 N–H and O–H groups in total. The van der Waals surface area contributed by atoms with Gasteiger partial charge in [0.25, 0.3) is 0 Å². The summed E-state index contributed by atoms with van der Waals surface area (Å²) in [5, 5.41) is 0.532. The molecule has 16 heavy (non-hydrogen) atoms. The highest BCUT2D eigenvalue weighted by Crippen LogP contribution is 2.18. The van der Waals surface area contributed by atoms with Crippen LogP contribution < -0.4 is 5.73 Å². The smallest absolute Gasteiger partial charge is 0.195 e. The third kappa shape index (κ3) is 2.07. The second kappa shape index (κ2) is 4.37. The van der Waals surface area contributed by atoms with E-state index in [4.69, 9.17) is 17.3 Å². The maximum atomic E-state index is 12.1. The molecule has 0 saturated carbocycles. The molecule has 2 aromatic carbocycles. The standard InChI is InChI=1S/C13H9ClNO/c14-10-5-3-4-9(8-10)13(16)11-6-1-2-7-12(11)15/h2-8H,15H2. The van der Waals surface area contributed by atoms with E-state index in [2.05, 4.69) is 6.07 Å². The summed E-state index contributed by atoms with van der Waals surface area (Å²) >= 11 is 5.82. The third-order valence-electron chi connectivity index (χ3n) is 2.23. The average Bonchev–Trinajstić information content (AvgIpc) is 2.29. The van der Waals surface area contributed by atoms with Crippen molar-refractivity contribution in [2.24, 2.45) is 0 Å². The van der Waals surface area contributed by atoms with Crippen LogP contribution in [0.2, 0.25) is 5.02 Å². The average molecular weight is 231 g/mol. The fourth-order valence-electron chi connectivity index (χ4n) is 1.42. The van der Waals surface area contributed by atoms with Crippen molar-refractivity contribution < 1.29 is 4.79 Å². The van der Waals surface area contributed by atoms with Gasteiger partial charge in [-0.25, -0.2) is 0 Å². The fourth-order valence-corrected chi connectivity index (χ4v) is 1.61. The maximum absolute atomic E-state index is 12.1. The summed E-state index contributed by atoms with van der Waals surface area (Å²) in [4.78, 5) is 12.1. The monoisotopic (exact) mass is 230 g/mol. The van der Waals surface area contributed by atoms with Gasteiger partial charge >= 0.3 is 0 Å². The molecule has 0 heterocycles. The lowest BCUT2D eigenvalue weighted by Crippen LogP contribution is -2.04. The van der Waals surface area contributed by atoms with Crippen LogP contribution in [-0.4, -0.2) is 5.78 Å². The molecule has 2 nitrogen and oxygen atoms in total. The van der Waals surface area contributed by atoms with Crippen LogP contribution in [0.4, 0.5) is 5.69 Å². The molecule has 0 saturated heterocycles. The second-order valence-corrected chi connectivity index (χ2v) is 3.79. The highest BCUT2D eigenvalue weighted by molar-refractivity contribution is 6.31. The second-order valence-electron chi connectivity index (χ2n) is 3.35. The lowest BCUT2D eigenvalue weighted by molar-refractivity contribution is 0.103. The molecule has 0 atom stereocenters. The zero-order valence-electron chi connectivity index (χ0n) is 8.41. The number of halogens is 1. The molecule has 0 amide bonds. The normalized spacial score (nSPS) is 10.1. The third-order valence-corrected chi connectivity index (χ3v) is 2.46. The molecule has 2 aromatic rings. The lowest BCUT2D eigenvalue weighted by atomic mass is 10.0. The van der Waals surface area contributed by atoms with Crippen LogP contribution >= 0.6 is 11.6 Å². The maximum Gasteiger partial charge on any atom is 0.195 e. The summed E-state index contributed by atoms with van der Waals surface area (Å²) in [5.74, 6) is -0.142. The van der Waals surface area contributed by atoms with Crippen LogP contribution in [0.1, 0.15) is 15.9 Å². The van der Waals surface area contributed by atoms with Gasteiger partial charge in [0, 0.05) is 21.8 Å². The van der Waals surface area contributed by atoms with Crippen LogP contribution in [-0.2, 0) is 0 Å². The number of carbonyl (C=O) groups is 1. The molecule has 0 aliphatic rings. The molecule has 0 spiro atoms. The molecular formula is C13H9ClNO. The van der Waals surface area contributed by atoms with Gasteiger partial charge < -0.3 is 5.73 Å². The molecule has 0 unspecified atom stereocenters. The van der Waals surface area contributed by atoms with E-state index in [1.165, 1.54) is 0 Å². The summed E-state index contributed by atoms with van der Waals surface area (Å²) in [5.41, 5.74) is 7.15. The Hall–Kier alpha value is -1.80. The Morgan fingerprint density at radius 3 is 2.81 bits per heavy atom. The number of nitrogens with two attached hydrogens (primary N) is 1. The van der Waals surface area contributed by atoms with Crippen molar-refractivity contribution in [2.75, 3.05) is 5.73 Å². The Morgan fingerprint density at radius 2 is 2.12 bits per heavy atom. The molecule has 0 fully saturated rings. The first kappa shape index (κ1) is 10.7. The van der Waals surface area contributed by atoms with Crippen molar-refractivity contribution in [3.05, 3.63) is 64.7 Å². The fraction of sp³-hybridized carbons (Fsp3) is 0. The van der Waals surface area contributed by atoms with E-state index in [-0.39, 0.29) is 5.78 Å². The highest BCUT2D eigenvalue weighted by atomic mass is 35.5. The summed E-state index contributed by atoms with van der Waals surface area (Å²) in [6.07, 6.45) is 0. The van der Waals surface area contributed by atoms with Gasteiger partial charge in [-0.1, -0.05) is 29.8 Å². The van der Waals surface area contributed by atoms with Crippen LogP contribution in [0.5, 0.6) is 0 Å². The number of ketones is 1. The van der Waals surface area contributed by atoms with E-state index < -0.39 is 0 Å². The number of rotatable bonds is 2. The Kier molecular flexibility index (Phi) is 2.93. The van der Waals surface area contributed by atoms with Gasteiger partial charge in [0.15, 0.2) is 5.78 Å². The van der Waals surface area contributed by atoms with E-state index in [0.717, 1.165) is 0 Å². The molecular weight excluding hydrogens is 222 g/mol. The van der Waals surface area contributed by atoms with E-state index in [0.29, 0.717) is 21.8 Å².